The van der Waals surface area contributed by atoms with E-state index in [9.17, 15) is 4.79 Å². The summed E-state index contributed by atoms with van der Waals surface area (Å²) in [7, 11) is 0. The Balaban J connectivity index is 0.000000720. The minimum Gasteiger partial charge on any atom is -0.299 e. The molecule has 1 spiro atoms. The first kappa shape index (κ1) is 10.0. The minimum atomic E-state index is 0. The van der Waals surface area contributed by atoms with Gasteiger partial charge in [-0.15, -0.1) is 12.4 Å². The highest BCUT2D eigenvalue weighted by molar-refractivity contribution is 5.85. The zero-order valence-corrected chi connectivity index (χ0v) is 8.29. The van der Waals surface area contributed by atoms with Gasteiger partial charge in [0.1, 0.15) is 5.78 Å². The van der Waals surface area contributed by atoms with Gasteiger partial charge < -0.3 is 0 Å². The highest BCUT2D eigenvalue weighted by Crippen LogP contribution is 2.46. The smallest absolute Gasteiger partial charge is 0.139 e. The number of rotatable bonds is 0. The maximum Gasteiger partial charge on any atom is 0.139 e. The van der Waals surface area contributed by atoms with Crippen molar-refractivity contribution in [2.45, 2.75) is 51.4 Å². The molecule has 12 heavy (non-hydrogen) atoms. The molecule has 0 N–H and O–H groups in total. The summed E-state index contributed by atoms with van der Waals surface area (Å²) >= 11 is 0. The van der Waals surface area contributed by atoms with Crippen LogP contribution in [0.2, 0.25) is 0 Å². The summed E-state index contributed by atoms with van der Waals surface area (Å²) < 4.78 is 0. The summed E-state index contributed by atoms with van der Waals surface area (Å²) in [5.41, 5.74) is 0.193. The van der Waals surface area contributed by atoms with E-state index in [1.54, 1.807) is 0 Å². The van der Waals surface area contributed by atoms with E-state index >= 15 is 0 Å². The van der Waals surface area contributed by atoms with E-state index in [2.05, 4.69) is 0 Å². The molecule has 0 amide bonds. The molecule has 0 aromatic carbocycles. The van der Waals surface area contributed by atoms with Gasteiger partial charge in [-0.25, -0.2) is 0 Å². The molecular weight excluding hydrogens is 172 g/mol. The molecule has 0 atom stereocenters. The van der Waals surface area contributed by atoms with Gasteiger partial charge in [-0.05, 0) is 25.7 Å². The molecule has 0 aromatic rings. The fourth-order valence-corrected chi connectivity index (χ4v) is 2.73. The Bertz CT molecular complexity index is 171. The Labute approximate surface area is 80.3 Å². The lowest BCUT2D eigenvalue weighted by Crippen LogP contribution is -2.30. The van der Waals surface area contributed by atoms with Gasteiger partial charge >= 0.3 is 0 Å². The van der Waals surface area contributed by atoms with Crippen LogP contribution in [0.4, 0.5) is 0 Å². The average molecular weight is 189 g/mol. The van der Waals surface area contributed by atoms with Gasteiger partial charge in [0.15, 0.2) is 0 Å². The van der Waals surface area contributed by atoms with Crippen molar-refractivity contribution in [1.29, 1.82) is 0 Å². The molecule has 2 saturated carbocycles. The van der Waals surface area contributed by atoms with E-state index in [4.69, 9.17) is 0 Å². The van der Waals surface area contributed by atoms with Gasteiger partial charge in [-0.3, -0.25) is 4.79 Å². The molecule has 0 aliphatic heterocycles. The van der Waals surface area contributed by atoms with E-state index in [0.29, 0.717) is 5.78 Å². The molecule has 2 fully saturated rings. The van der Waals surface area contributed by atoms with Crippen LogP contribution in [0.3, 0.4) is 0 Å². The summed E-state index contributed by atoms with van der Waals surface area (Å²) in [5.74, 6) is 0.584. The number of hydrogen-bond acceptors (Lipinski definition) is 1. The fraction of sp³-hybridized carbons (Fsp3) is 0.900. The van der Waals surface area contributed by atoms with E-state index < -0.39 is 0 Å². The third-order valence-electron chi connectivity index (χ3n) is 3.46. The fourth-order valence-electron chi connectivity index (χ4n) is 2.73. The Kier molecular flexibility index (Phi) is 3.16. The molecule has 2 aliphatic rings. The normalized spacial score (nSPS) is 27.2. The number of carbonyl (C=O) groups is 1. The molecule has 1 nitrogen and oxygen atoms in total. The molecule has 0 aromatic heterocycles. The second kappa shape index (κ2) is 3.78. The molecular formula is C10H17ClO. The standard InChI is InChI=1S/C10H16O.ClH/c11-9-5-1-2-6-10(9)7-3-4-8-10;/h1-8H2;1H. The van der Waals surface area contributed by atoms with Crippen LogP contribution in [0.5, 0.6) is 0 Å². The number of ketones is 1. The quantitative estimate of drug-likeness (QED) is 0.571. The first-order valence-corrected chi connectivity index (χ1v) is 4.87. The Morgan fingerprint density at radius 1 is 0.917 bits per heavy atom. The number of hydrogen-bond donors (Lipinski definition) is 0. The number of halogens is 1. The van der Waals surface area contributed by atoms with Crippen molar-refractivity contribution in [3.63, 3.8) is 0 Å². The SMILES string of the molecule is Cl.O=C1CCCCC12CCCC2. The molecule has 70 valence electrons. The molecule has 0 heterocycles. The molecule has 0 saturated heterocycles. The van der Waals surface area contributed by atoms with Crippen LogP contribution in [0, 0.1) is 5.41 Å². The first-order chi connectivity index (χ1) is 5.33. The summed E-state index contributed by atoms with van der Waals surface area (Å²) in [5, 5.41) is 0. The third kappa shape index (κ3) is 1.52. The summed E-state index contributed by atoms with van der Waals surface area (Å²) in [4.78, 5) is 11.6. The van der Waals surface area contributed by atoms with Crippen LogP contribution in [-0.4, -0.2) is 5.78 Å². The van der Waals surface area contributed by atoms with E-state index in [1.165, 1.54) is 38.5 Å². The van der Waals surface area contributed by atoms with Gasteiger partial charge in [0, 0.05) is 11.8 Å². The second-order valence-electron chi connectivity index (χ2n) is 4.12. The van der Waals surface area contributed by atoms with Gasteiger partial charge in [-0.1, -0.05) is 19.3 Å². The van der Waals surface area contributed by atoms with Gasteiger partial charge in [0.05, 0.1) is 0 Å². The topological polar surface area (TPSA) is 17.1 Å². The second-order valence-corrected chi connectivity index (χ2v) is 4.12. The van der Waals surface area contributed by atoms with Crippen LogP contribution >= 0.6 is 12.4 Å². The zero-order valence-electron chi connectivity index (χ0n) is 7.47. The van der Waals surface area contributed by atoms with E-state index in [1.807, 2.05) is 0 Å². The molecule has 0 unspecified atom stereocenters. The highest BCUT2D eigenvalue weighted by atomic mass is 35.5. The van der Waals surface area contributed by atoms with Crippen LogP contribution in [0.25, 0.3) is 0 Å². The van der Waals surface area contributed by atoms with Crippen LogP contribution < -0.4 is 0 Å². The van der Waals surface area contributed by atoms with Crippen molar-refractivity contribution in [3.05, 3.63) is 0 Å². The largest absolute Gasteiger partial charge is 0.299 e. The lowest BCUT2D eigenvalue weighted by Gasteiger charge is -2.31. The zero-order chi connectivity index (χ0) is 7.73. The summed E-state index contributed by atoms with van der Waals surface area (Å²) in [6.45, 7) is 0. The Morgan fingerprint density at radius 3 is 2.00 bits per heavy atom. The van der Waals surface area contributed by atoms with E-state index in [0.717, 1.165) is 12.8 Å². The van der Waals surface area contributed by atoms with Crippen LogP contribution in [0.1, 0.15) is 51.4 Å². The molecule has 2 rings (SSSR count). The average Bonchev–Trinajstić information content (AvgIpc) is 2.46. The summed E-state index contributed by atoms with van der Waals surface area (Å²) in [6.07, 6.45) is 9.52. The maximum absolute atomic E-state index is 11.6. The molecule has 0 radical (unpaired) electrons. The third-order valence-corrected chi connectivity index (χ3v) is 3.46. The van der Waals surface area contributed by atoms with E-state index in [-0.39, 0.29) is 17.8 Å². The Morgan fingerprint density at radius 2 is 1.42 bits per heavy atom. The molecule has 2 heteroatoms. The van der Waals surface area contributed by atoms with Crippen molar-refractivity contribution in [1.82, 2.24) is 0 Å². The van der Waals surface area contributed by atoms with Crippen LogP contribution in [-0.2, 0) is 4.79 Å². The van der Waals surface area contributed by atoms with Crippen molar-refractivity contribution >= 4 is 18.2 Å². The lowest BCUT2D eigenvalue weighted by atomic mass is 9.72. The van der Waals surface area contributed by atoms with Crippen molar-refractivity contribution in [2.75, 3.05) is 0 Å². The number of carbonyl (C=O) groups excluding carboxylic acids is 1. The van der Waals surface area contributed by atoms with Crippen LogP contribution in [0.15, 0.2) is 0 Å². The monoisotopic (exact) mass is 188 g/mol. The summed E-state index contributed by atoms with van der Waals surface area (Å²) in [6, 6.07) is 0. The van der Waals surface area contributed by atoms with Crippen molar-refractivity contribution < 1.29 is 4.79 Å². The number of Topliss-reactive ketones (excluding diaryl/α,β-unsaturated/α-hetero) is 1. The Hall–Kier alpha value is -0.0400. The maximum atomic E-state index is 11.6. The van der Waals surface area contributed by atoms with Gasteiger partial charge in [0.2, 0.25) is 0 Å². The first-order valence-electron chi connectivity index (χ1n) is 4.87. The predicted molar refractivity (Wildman–Crippen MR) is 51.6 cm³/mol. The minimum absolute atomic E-state index is 0. The predicted octanol–water partition coefficient (Wildman–Crippen LogP) is 3.11. The van der Waals surface area contributed by atoms with Gasteiger partial charge in [-0.2, -0.15) is 0 Å². The van der Waals surface area contributed by atoms with Crippen molar-refractivity contribution in [3.8, 4) is 0 Å². The van der Waals surface area contributed by atoms with Gasteiger partial charge in [0.25, 0.3) is 0 Å². The van der Waals surface area contributed by atoms with Crippen molar-refractivity contribution in [2.24, 2.45) is 5.41 Å². The lowest BCUT2D eigenvalue weighted by molar-refractivity contribution is -0.130. The highest BCUT2D eigenvalue weighted by Gasteiger charge is 2.41. The molecule has 2 aliphatic carbocycles. The molecule has 0 bridgehead atoms.